The Kier molecular flexibility index (Phi) is 5.81. The van der Waals surface area contributed by atoms with Gasteiger partial charge in [-0.3, -0.25) is 4.79 Å². The molecule has 6 nitrogen and oxygen atoms in total. The maximum Gasteiger partial charge on any atom is 0.257 e. The third-order valence-electron chi connectivity index (χ3n) is 4.94. The summed E-state index contributed by atoms with van der Waals surface area (Å²) in [6.07, 6.45) is 2.48. The number of carbonyl (C=O) groups excluding carboxylic acids is 1. The van der Waals surface area contributed by atoms with Gasteiger partial charge in [-0.1, -0.05) is 30.1 Å². The van der Waals surface area contributed by atoms with Crippen LogP contribution >= 0.6 is 11.6 Å². The van der Waals surface area contributed by atoms with Crippen LogP contribution in [-0.4, -0.2) is 29.2 Å². The summed E-state index contributed by atoms with van der Waals surface area (Å²) in [7, 11) is 0. The van der Waals surface area contributed by atoms with Crippen LogP contribution in [0.4, 0.5) is 5.69 Å². The fraction of sp³-hybridized carbons (Fsp3) is 0.318. The normalized spacial score (nSPS) is 16.4. The van der Waals surface area contributed by atoms with E-state index in [4.69, 9.17) is 20.9 Å². The Labute approximate surface area is 174 Å². The van der Waals surface area contributed by atoms with Crippen LogP contribution in [0.1, 0.15) is 37.9 Å². The SMILES string of the molecule is CCCCOc1ccc(-c2nc(C3CC(=O)N(c4ccc(Cl)cc4)C3)no2)cc1. The fourth-order valence-corrected chi connectivity index (χ4v) is 3.42. The summed E-state index contributed by atoms with van der Waals surface area (Å²) in [6.45, 7) is 3.36. The molecule has 0 N–H and O–H groups in total. The summed E-state index contributed by atoms with van der Waals surface area (Å²) >= 11 is 5.94. The number of aromatic nitrogens is 2. The van der Waals surface area contributed by atoms with E-state index in [1.165, 1.54) is 0 Å². The molecule has 7 heteroatoms. The minimum Gasteiger partial charge on any atom is -0.494 e. The summed E-state index contributed by atoms with van der Waals surface area (Å²) in [4.78, 5) is 18.7. The highest BCUT2D eigenvalue weighted by Gasteiger charge is 2.34. The number of hydrogen-bond acceptors (Lipinski definition) is 5. The van der Waals surface area contributed by atoms with Gasteiger partial charge in [0.15, 0.2) is 5.82 Å². The van der Waals surface area contributed by atoms with Crippen molar-refractivity contribution in [2.24, 2.45) is 0 Å². The molecule has 2 heterocycles. The Bertz CT molecular complexity index is 970. The first-order valence-corrected chi connectivity index (χ1v) is 10.1. The summed E-state index contributed by atoms with van der Waals surface area (Å²) in [5.74, 6) is 1.75. The maximum absolute atomic E-state index is 12.5. The van der Waals surface area contributed by atoms with Gasteiger partial charge in [0.1, 0.15) is 5.75 Å². The Morgan fingerprint density at radius 3 is 2.66 bits per heavy atom. The molecule has 150 valence electrons. The summed E-state index contributed by atoms with van der Waals surface area (Å²) in [5, 5.41) is 4.76. The van der Waals surface area contributed by atoms with E-state index in [0.717, 1.165) is 29.8 Å². The van der Waals surface area contributed by atoms with Crippen molar-refractivity contribution in [3.63, 3.8) is 0 Å². The number of ether oxygens (including phenoxy) is 1. The molecule has 1 saturated heterocycles. The minimum absolute atomic E-state index is 0.0391. The van der Waals surface area contributed by atoms with Crippen LogP contribution in [-0.2, 0) is 4.79 Å². The molecule has 1 aromatic heterocycles. The van der Waals surface area contributed by atoms with Crippen molar-refractivity contribution >= 4 is 23.2 Å². The number of benzene rings is 2. The van der Waals surface area contributed by atoms with Crippen LogP contribution < -0.4 is 9.64 Å². The van der Waals surface area contributed by atoms with Crippen molar-refractivity contribution in [2.45, 2.75) is 32.1 Å². The van der Waals surface area contributed by atoms with E-state index in [9.17, 15) is 4.79 Å². The van der Waals surface area contributed by atoms with Gasteiger partial charge in [-0.05, 0) is 55.0 Å². The van der Waals surface area contributed by atoms with Gasteiger partial charge in [0.05, 0.1) is 6.61 Å². The standard InChI is InChI=1S/C22H22ClN3O3/c1-2-3-12-28-19-10-4-15(5-11-19)22-24-21(25-29-22)16-13-20(27)26(14-16)18-8-6-17(23)7-9-18/h4-11,16H,2-3,12-14H2,1H3. The van der Waals surface area contributed by atoms with E-state index in [2.05, 4.69) is 17.1 Å². The zero-order valence-electron chi connectivity index (χ0n) is 16.2. The molecule has 1 aliphatic heterocycles. The molecule has 4 rings (SSSR count). The molecule has 29 heavy (non-hydrogen) atoms. The molecule has 1 atom stereocenters. The first-order valence-electron chi connectivity index (χ1n) is 9.77. The lowest BCUT2D eigenvalue weighted by atomic mass is 10.1. The highest BCUT2D eigenvalue weighted by atomic mass is 35.5. The number of amides is 1. The lowest BCUT2D eigenvalue weighted by Crippen LogP contribution is -2.24. The molecule has 1 unspecified atom stereocenters. The molecular weight excluding hydrogens is 390 g/mol. The van der Waals surface area contributed by atoms with Crippen LogP contribution in [0.2, 0.25) is 5.02 Å². The number of carbonyl (C=O) groups is 1. The average molecular weight is 412 g/mol. The predicted octanol–water partition coefficient (Wildman–Crippen LogP) is 5.09. The highest BCUT2D eigenvalue weighted by molar-refractivity contribution is 6.30. The molecule has 0 aliphatic carbocycles. The molecule has 1 aliphatic rings. The zero-order valence-corrected chi connectivity index (χ0v) is 16.9. The van der Waals surface area contributed by atoms with Gasteiger partial charge >= 0.3 is 0 Å². The first-order chi connectivity index (χ1) is 14.1. The van der Waals surface area contributed by atoms with Crippen LogP contribution in [0.5, 0.6) is 5.75 Å². The first kappa shape index (κ1) is 19.5. The van der Waals surface area contributed by atoms with E-state index >= 15 is 0 Å². The van der Waals surface area contributed by atoms with Crippen molar-refractivity contribution in [3.05, 3.63) is 59.4 Å². The molecule has 0 radical (unpaired) electrons. The van der Waals surface area contributed by atoms with Gasteiger partial charge in [-0.25, -0.2) is 0 Å². The van der Waals surface area contributed by atoms with E-state index in [0.29, 0.717) is 36.3 Å². The van der Waals surface area contributed by atoms with Gasteiger partial charge in [-0.15, -0.1) is 0 Å². The third-order valence-corrected chi connectivity index (χ3v) is 5.19. The average Bonchev–Trinajstić information content (AvgIpc) is 3.36. The van der Waals surface area contributed by atoms with Crippen molar-refractivity contribution in [3.8, 4) is 17.2 Å². The minimum atomic E-state index is -0.104. The van der Waals surface area contributed by atoms with Crippen LogP contribution in [0.15, 0.2) is 53.1 Å². The van der Waals surface area contributed by atoms with Crippen LogP contribution in [0.3, 0.4) is 0 Å². The number of anilines is 1. The molecular formula is C22H22ClN3O3. The number of nitrogens with zero attached hydrogens (tertiary/aromatic N) is 3. The number of rotatable bonds is 7. The highest BCUT2D eigenvalue weighted by Crippen LogP contribution is 2.32. The second-order valence-electron chi connectivity index (χ2n) is 7.07. The summed E-state index contributed by atoms with van der Waals surface area (Å²) in [5.41, 5.74) is 1.65. The quantitative estimate of drug-likeness (QED) is 0.506. The molecule has 0 spiro atoms. The Balaban J connectivity index is 1.44. The van der Waals surface area contributed by atoms with Gasteiger partial charge < -0.3 is 14.2 Å². The molecule has 0 bridgehead atoms. The van der Waals surface area contributed by atoms with Crippen LogP contribution in [0, 0.1) is 0 Å². The Morgan fingerprint density at radius 2 is 1.93 bits per heavy atom. The lowest BCUT2D eigenvalue weighted by molar-refractivity contribution is -0.117. The Hall–Kier alpha value is -2.86. The molecule has 0 saturated carbocycles. The second-order valence-corrected chi connectivity index (χ2v) is 7.50. The van der Waals surface area contributed by atoms with E-state index in [1.807, 2.05) is 36.4 Å². The monoisotopic (exact) mass is 411 g/mol. The van der Waals surface area contributed by atoms with Gasteiger partial charge in [0.25, 0.3) is 5.89 Å². The Morgan fingerprint density at radius 1 is 1.17 bits per heavy atom. The summed E-state index contributed by atoms with van der Waals surface area (Å²) in [6, 6.07) is 14.8. The number of unbranched alkanes of at least 4 members (excludes halogenated alkanes) is 1. The lowest BCUT2D eigenvalue weighted by Gasteiger charge is -2.16. The molecule has 2 aromatic carbocycles. The van der Waals surface area contributed by atoms with Crippen molar-refractivity contribution in [1.29, 1.82) is 0 Å². The topological polar surface area (TPSA) is 68.5 Å². The van der Waals surface area contributed by atoms with Crippen LogP contribution in [0.25, 0.3) is 11.5 Å². The van der Waals surface area contributed by atoms with Gasteiger partial charge in [-0.2, -0.15) is 4.98 Å². The van der Waals surface area contributed by atoms with E-state index in [1.54, 1.807) is 17.0 Å². The summed E-state index contributed by atoms with van der Waals surface area (Å²) < 4.78 is 11.1. The second kappa shape index (κ2) is 8.66. The predicted molar refractivity (Wildman–Crippen MR) is 111 cm³/mol. The molecule has 3 aromatic rings. The van der Waals surface area contributed by atoms with E-state index in [-0.39, 0.29) is 11.8 Å². The fourth-order valence-electron chi connectivity index (χ4n) is 3.30. The molecule has 1 amide bonds. The smallest absolute Gasteiger partial charge is 0.257 e. The van der Waals surface area contributed by atoms with E-state index < -0.39 is 0 Å². The van der Waals surface area contributed by atoms with Crippen molar-refractivity contribution < 1.29 is 14.1 Å². The number of halogens is 1. The number of hydrogen-bond donors (Lipinski definition) is 0. The van der Waals surface area contributed by atoms with Gasteiger partial charge in [0, 0.05) is 35.2 Å². The largest absolute Gasteiger partial charge is 0.494 e. The van der Waals surface area contributed by atoms with Gasteiger partial charge in [0.2, 0.25) is 5.91 Å². The van der Waals surface area contributed by atoms with Crippen molar-refractivity contribution in [1.82, 2.24) is 10.1 Å². The molecule has 1 fully saturated rings. The van der Waals surface area contributed by atoms with Crippen molar-refractivity contribution in [2.75, 3.05) is 18.1 Å². The maximum atomic E-state index is 12.5. The third kappa shape index (κ3) is 4.43. The zero-order chi connectivity index (χ0) is 20.2.